The number of hydrogen-bond acceptors (Lipinski definition) is 4. The third-order valence-corrected chi connectivity index (χ3v) is 4.19. The minimum absolute atomic E-state index is 0.117. The predicted molar refractivity (Wildman–Crippen MR) is 105 cm³/mol. The van der Waals surface area contributed by atoms with Crippen LogP contribution in [0, 0.1) is 0 Å². The van der Waals surface area contributed by atoms with Gasteiger partial charge in [0.15, 0.2) is 0 Å². The van der Waals surface area contributed by atoms with Crippen molar-refractivity contribution in [3.63, 3.8) is 0 Å². The van der Waals surface area contributed by atoms with Crippen molar-refractivity contribution in [3.8, 4) is 0 Å². The molecule has 6 heteroatoms. The van der Waals surface area contributed by atoms with Gasteiger partial charge in [0.05, 0.1) is 0 Å². The number of nitrogens with two attached hydrogens (primary N) is 1. The average molecular weight is 354 g/mol. The summed E-state index contributed by atoms with van der Waals surface area (Å²) in [5, 5.41) is 5.71. The molecule has 2 rings (SSSR count). The van der Waals surface area contributed by atoms with Gasteiger partial charge in [-0.15, -0.1) is 0 Å². The van der Waals surface area contributed by atoms with Crippen molar-refractivity contribution in [2.24, 2.45) is 0 Å². The monoisotopic (exact) mass is 354 g/mol. The highest BCUT2D eigenvalue weighted by Gasteiger charge is 2.08. The molecule has 2 aromatic rings. The lowest BCUT2D eigenvalue weighted by molar-refractivity contribution is 0.0948. The smallest absolute Gasteiger partial charge is 0.255 e. The van der Waals surface area contributed by atoms with E-state index >= 15 is 0 Å². The van der Waals surface area contributed by atoms with Gasteiger partial charge in [-0.3, -0.25) is 9.59 Å². The molecule has 0 fully saturated rings. The number of carbonyl (C=O) groups is 2. The van der Waals surface area contributed by atoms with Crippen molar-refractivity contribution in [1.29, 1.82) is 0 Å². The van der Waals surface area contributed by atoms with E-state index in [-0.39, 0.29) is 11.8 Å². The molecule has 0 aliphatic carbocycles. The molecule has 0 saturated carbocycles. The first-order valence-electron chi connectivity index (χ1n) is 8.81. The van der Waals surface area contributed by atoms with Gasteiger partial charge in [0, 0.05) is 35.6 Å². The minimum atomic E-state index is -0.221. The molecule has 2 aromatic carbocycles. The van der Waals surface area contributed by atoms with E-state index in [9.17, 15) is 9.59 Å². The Morgan fingerprint density at radius 1 is 0.885 bits per heavy atom. The molecule has 0 atom stereocenters. The van der Waals surface area contributed by atoms with Gasteiger partial charge in [0.2, 0.25) is 0 Å². The number of nitrogens with one attached hydrogen (secondary N) is 2. The molecular formula is C20H26N4O2. The summed E-state index contributed by atoms with van der Waals surface area (Å²) in [4.78, 5) is 26.6. The lowest BCUT2D eigenvalue weighted by Gasteiger charge is -2.18. The number of benzene rings is 2. The Morgan fingerprint density at radius 3 is 2.00 bits per heavy atom. The molecule has 0 aliphatic rings. The average Bonchev–Trinajstić information content (AvgIpc) is 2.66. The number of nitrogen functional groups attached to an aromatic ring is 1. The van der Waals surface area contributed by atoms with Crippen molar-refractivity contribution < 1.29 is 9.59 Å². The van der Waals surface area contributed by atoms with Crippen LogP contribution in [0.4, 0.5) is 11.4 Å². The van der Waals surface area contributed by atoms with Gasteiger partial charge in [-0.2, -0.15) is 0 Å². The van der Waals surface area contributed by atoms with Crippen molar-refractivity contribution in [1.82, 2.24) is 10.2 Å². The Kier molecular flexibility index (Phi) is 7.17. The Balaban J connectivity index is 1.88. The van der Waals surface area contributed by atoms with E-state index < -0.39 is 0 Å². The van der Waals surface area contributed by atoms with E-state index in [2.05, 4.69) is 29.4 Å². The summed E-state index contributed by atoms with van der Waals surface area (Å²) in [6.07, 6.45) is 0. The quantitative estimate of drug-likeness (QED) is 0.636. The first-order chi connectivity index (χ1) is 12.5. The first-order valence-corrected chi connectivity index (χ1v) is 8.81. The van der Waals surface area contributed by atoms with E-state index in [4.69, 9.17) is 5.73 Å². The summed E-state index contributed by atoms with van der Waals surface area (Å²) in [5.74, 6) is -0.338. The molecule has 0 bridgehead atoms. The molecule has 0 aromatic heterocycles. The van der Waals surface area contributed by atoms with Crippen LogP contribution >= 0.6 is 0 Å². The number of amides is 2. The van der Waals surface area contributed by atoms with Crippen LogP contribution in [-0.4, -0.2) is 42.9 Å². The summed E-state index contributed by atoms with van der Waals surface area (Å²) < 4.78 is 0. The van der Waals surface area contributed by atoms with E-state index in [0.29, 0.717) is 29.0 Å². The maximum absolute atomic E-state index is 12.2. The molecule has 138 valence electrons. The summed E-state index contributed by atoms with van der Waals surface area (Å²) in [6, 6.07) is 13.5. The molecule has 2 amide bonds. The fourth-order valence-electron chi connectivity index (χ4n) is 2.51. The molecule has 6 nitrogen and oxygen atoms in total. The van der Waals surface area contributed by atoms with Gasteiger partial charge >= 0.3 is 0 Å². The fourth-order valence-corrected chi connectivity index (χ4v) is 2.51. The van der Waals surface area contributed by atoms with Crippen LogP contribution in [0.2, 0.25) is 0 Å². The van der Waals surface area contributed by atoms with Gasteiger partial charge in [-0.1, -0.05) is 13.8 Å². The number of rotatable bonds is 8. The highest BCUT2D eigenvalue weighted by Crippen LogP contribution is 2.12. The molecule has 0 radical (unpaired) electrons. The highest BCUT2D eigenvalue weighted by molar-refractivity contribution is 6.04. The predicted octanol–water partition coefficient (Wildman–Crippen LogP) is 2.59. The lowest BCUT2D eigenvalue weighted by atomic mass is 10.1. The zero-order chi connectivity index (χ0) is 18.9. The van der Waals surface area contributed by atoms with Gasteiger partial charge in [-0.05, 0) is 61.6 Å². The Bertz CT molecular complexity index is 722. The Morgan fingerprint density at radius 2 is 1.42 bits per heavy atom. The maximum Gasteiger partial charge on any atom is 0.255 e. The van der Waals surface area contributed by atoms with E-state index in [0.717, 1.165) is 19.6 Å². The molecule has 0 heterocycles. The van der Waals surface area contributed by atoms with E-state index in [1.165, 1.54) is 0 Å². The normalized spacial score (nSPS) is 10.6. The first kappa shape index (κ1) is 19.5. The van der Waals surface area contributed by atoms with Crippen LogP contribution < -0.4 is 16.4 Å². The second-order valence-corrected chi connectivity index (χ2v) is 5.94. The highest BCUT2D eigenvalue weighted by atomic mass is 16.2. The van der Waals surface area contributed by atoms with Gasteiger partial charge in [0.1, 0.15) is 0 Å². The molecule has 0 saturated heterocycles. The Labute approximate surface area is 154 Å². The molecule has 0 spiro atoms. The second kappa shape index (κ2) is 9.58. The van der Waals surface area contributed by atoms with Gasteiger partial charge < -0.3 is 21.3 Å². The summed E-state index contributed by atoms with van der Waals surface area (Å²) in [5.41, 5.74) is 7.95. The molecule has 26 heavy (non-hydrogen) atoms. The second-order valence-electron chi connectivity index (χ2n) is 5.94. The number of carbonyl (C=O) groups excluding carboxylic acids is 2. The maximum atomic E-state index is 12.2. The molecule has 0 aliphatic heterocycles. The largest absolute Gasteiger partial charge is 0.399 e. The van der Waals surface area contributed by atoms with Crippen LogP contribution in [-0.2, 0) is 0 Å². The van der Waals surface area contributed by atoms with Crippen LogP contribution in [0.5, 0.6) is 0 Å². The summed E-state index contributed by atoms with van der Waals surface area (Å²) >= 11 is 0. The molecule has 0 unspecified atom stereocenters. The summed E-state index contributed by atoms with van der Waals surface area (Å²) in [7, 11) is 0. The third kappa shape index (κ3) is 5.60. The fraction of sp³-hybridized carbons (Fsp3) is 0.300. The van der Waals surface area contributed by atoms with Gasteiger partial charge in [0.25, 0.3) is 11.8 Å². The topological polar surface area (TPSA) is 87.5 Å². The van der Waals surface area contributed by atoms with Crippen molar-refractivity contribution in [2.75, 3.05) is 37.2 Å². The molecular weight excluding hydrogens is 328 g/mol. The zero-order valence-electron chi connectivity index (χ0n) is 15.3. The van der Waals surface area contributed by atoms with Crippen molar-refractivity contribution in [2.45, 2.75) is 13.8 Å². The minimum Gasteiger partial charge on any atom is -0.399 e. The van der Waals surface area contributed by atoms with Crippen molar-refractivity contribution >= 4 is 23.2 Å². The van der Waals surface area contributed by atoms with Crippen LogP contribution in [0.25, 0.3) is 0 Å². The Hall–Kier alpha value is -2.86. The number of nitrogens with zero attached hydrogens (tertiary/aromatic N) is 1. The van der Waals surface area contributed by atoms with Crippen molar-refractivity contribution in [3.05, 3.63) is 59.7 Å². The third-order valence-electron chi connectivity index (χ3n) is 4.19. The summed E-state index contributed by atoms with van der Waals surface area (Å²) in [6.45, 7) is 7.57. The lowest BCUT2D eigenvalue weighted by Crippen LogP contribution is -2.34. The molecule has 4 N–H and O–H groups in total. The van der Waals surface area contributed by atoms with E-state index in [1.54, 1.807) is 48.5 Å². The van der Waals surface area contributed by atoms with E-state index in [1.807, 2.05) is 0 Å². The van der Waals surface area contributed by atoms with Gasteiger partial charge in [-0.25, -0.2) is 0 Å². The van der Waals surface area contributed by atoms with Crippen LogP contribution in [0.15, 0.2) is 48.5 Å². The van der Waals surface area contributed by atoms with Crippen LogP contribution in [0.3, 0.4) is 0 Å². The zero-order valence-corrected chi connectivity index (χ0v) is 15.3. The number of anilines is 2. The number of hydrogen-bond donors (Lipinski definition) is 3. The van der Waals surface area contributed by atoms with Crippen LogP contribution in [0.1, 0.15) is 34.6 Å². The number of likely N-dealkylation sites (N-methyl/N-ethyl adjacent to an activating group) is 1. The SMILES string of the molecule is CCN(CC)CCNC(=O)c1ccc(NC(=O)c2ccc(N)cc2)cc1. The standard InChI is InChI=1S/C20H26N4O2/c1-3-24(4-2)14-13-22-19(25)15-7-11-18(12-8-15)23-20(26)16-5-9-17(21)10-6-16/h5-12H,3-4,13-14,21H2,1-2H3,(H,22,25)(H,23,26).